The molecule has 0 radical (unpaired) electrons. The smallest absolute Gasteiger partial charge is 0.303 e. The second kappa shape index (κ2) is 7.39. The highest BCUT2D eigenvalue weighted by molar-refractivity contribution is 5.78. The number of nitrogens with zero attached hydrogens (tertiary/aromatic N) is 4. The molecule has 0 bridgehead atoms. The van der Waals surface area contributed by atoms with Crippen LogP contribution < -0.4 is 4.90 Å². The molecule has 1 fully saturated rings. The van der Waals surface area contributed by atoms with Gasteiger partial charge < -0.3 is 14.9 Å². The number of aliphatic carboxylic acids is 1. The number of aromatic nitrogens is 2. The normalized spacial score (nSPS) is 17.7. The van der Waals surface area contributed by atoms with Gasteiger partial charge >= 0.3 is 5.97 Å². The quantitative estimate of drug-likeness (QED) is 0.853. The lowest BCUT2D eigenvalue weighted by Crippen LogP contribution is -2.50. The predicted octanol–water partition coefficient (Wildman–Crippen LogP) is 1.41. The van der Waals surface area contributed by atoms with Crippen molar-refractivity contribution in [1.29, 1.82) is 0 Å². The third-order valence-corrected chi connectivity index (χ3v) is 4.48. The zero-order valence-corrected chi connectivity index (χ0v) is 13.7. The number of hydrogen-bond donors (Lipinski definition) is 1. The van der Waals surface area contributed by atoms with Crippen LogP contribution in [0, 0.1) is 5.41 Å². The summed E-state index contributed by atoms with van der Waals surface area (Å²) < 4.78 is 0. The Morgan fingerprint density at radius 1 is 1.17 bits per heavy atom. The lowest BCUT2D eigenvalue weighted by Gasteiger charge is -2.36. The first-order valence-electron chi connectivity index (χ1n) is 7.95. The van der Waals surface area contributed by atoms with Gasteiger partial charge in [-0.2, -0.15) is 0 Å². The Balaban J connectivity index is 1.89. The maximum Gasteiger partial charge on any atom is 0.303 e. The van der Waals surface area contributed by atoms with Crippen LogP contribution in [0.25, 0.3) is 0 Å². The average Bonchev–Trinajstić information content (AvgIpc) is 2.55. The second-order valence-corrected chi connectivity index (χ2v) is 6.33. The van der Waals surface area contributed by atoms with Gasteiger partial charge in [0.2, 0.25) is 11.9 Å². The van der Waals surface area contributed by atoms with E-state index >= 15 is 0 Å². The fraction of sp³-hybridized carbons (Fsp3) is 0.625. The Labute approximate surface area is 136 Å². The van der Waals surface area contributed by atoms with E-state index in [2.05, 4.69) is 14.9 Å². The van der Waals surface area contributed by atoms with Crippen LogP contribution in [0.2, 0.25) is 0 Å². The third kappa shape index (κ3) is 4.64. The highest BCUT2D eigenvalue weighted by Gasteiger charge is 2.31. The predicted molar refractivity (Wildman–Crippen MR) is 86.1 cm³/mol. The Bertz CT molecular complexity index is 544. The number of carbonyl (C=O) groups excluding carboxylic acids is 1. The minimum Gasteiger partial charge on any atom is -0.481 e. The molecule has 2 rings (SSSR count). The van der Waals surface area contributed by atoms with E-state index in [1.54, 1.807) is 18.5 Å². The molecule has 23 heavy (non-hydrogen) atoms. The van der Waals surface area contributed by atoms with Crippen molar-refractivity contribution in [2.45, 2.75) is 33.1 Å². The Kier molecular flexibility index (Phi) is 5.52. The SMILES string of the molecule is CCC(C)(CC(=O)O)CC(=O)N1CCN(c2ncccn2)CC1. The molecule has 1 aliphatic heterocycles. The van der Waals surface area contributed by atoms with Crippen molar-refractivity contribution >= 4 is 17.8 Å². The molecule has 1 aliphatic rings. The van der Waals surface area contributed by atoms with E-state index in [1.165, 1.54) is 0 Å². The molecule has 0 spiro atoms. The van der Waals surface area contributed by atoms with E-state index in [9.17, 15) is 9.59 Å². The lowest BCUT2D eigenvalue weighted by atomic mass is 9.80. The summed E-state index contributed by atoms with van der Waals surface area (Å²) in [6.45, 7) is 6.41. The monoisotopic (exact) mass is 320 g/mol. The molecule has 1 saturated heterocycles. The van der Waals surface area contributed by atoms with Gasteiger partial charge in [0.15, 0.2) is 0 Å². The highest BCUT2D eigenvalue weighted by Crippen LogP contribution is 2.31. The van der Waals surface area contributed by atoms with Crippen LogP contribution in [0.5, 0.6) is 0 Å². The van der Waals surface area contributed by atoms with Crippen molar-refractivity contribution in [3.63, 3.8) is 0 Å². The van der Waals surface area contributed by atoms with Gasteiger partial charge in [-0.25, -0.2) is 9.97 Å². The van der Waals surface area contributed by atoms with E-state index in [-0.39, 0.29) is 18.7 Å². The van der Waals surface area contributed by atoms with Gasteiger partial charge in [-0.3, -0.25) is 9.59 Å². The van der Waals surface area contributed by atoms with E-state index < -0.39 is 11.4 Å². The Morgan fingerprint density at radius 3 is 2.30 bits per heavy atom. The van der Waals surface area contributed by atoms with Crippen LogP contribution in [-0.2, 0) is 9.59 Å². The van der Waals surface area contributed by atoms with Crippen LogP contribution in [-0.4, -0.2) is 58.0 Å². The van der Waals surface area contributed by atoms with E-state index in [0.29, 0.717) is 38.5 Å². The first kappa shape index (κ1) is 17.2. The van der Waals surface area contributed by atoms with Gasteiger partial charge in [0.25, 0.3) is 0 Å². The Morgan fingerprint density at radius 2 is 1.78 bits per heavy atom. The number of carbonyl (C=O) groups is 2. The Hall–Kier alpha value is -2.18. The van der Waals surface area contributed by atoms with Crippen LogP contribution in [0.4, 0.5) is 5.95 Å². The summed E-state index contributed by atoms with van der Waals surface area (Å²) in [7, 11) is 0. The van der Waals surface area contributed by atoms with E-state index in [0.717, 1.165) is 0 Å². The molecule has 2 heterocycles. The second-order valence-electron chi connectivity index (χ2n) is 6.33. The summed E-state index contributed by atoms with van der Waals surface area (Å²) >= 11 is 0. The summed E-state index contributed by atoms with van der Waals surface area (Å²) in [6.07, 6.45) is 4.38. The van der Waals surface area contributed by atoms with Crippen molar-refractivity contribution in [1.82, 2.24) is 14.9 Å². The van der Waals surface area contributed by atoms with Crippen molar-refractivity contribution in [2.75, 3.05) is 31.1 Å². The van der Waals surface area contributed by atoms with Crippen molar-refractivity contribution in [2.24, 2.45) is 5.41 Å². The molecule has 126 valence electrons. The van der Waals surface area contributed by atoms with Crippen LogP contribution >= 0.6 is 0 Å². The molecule has 1 amide bonds. The number of amides is 1. The van der Waals surface area contributed by atoms with Gasteiger partial charge in [0.05, 0.1) is 6.42 Å². The molecular formula is C16H24N4O3. The molecule has 0 aromatic carbocycles. The lowest BCUT2D eigenvalue weighted by molar-refractivity contribution is -0.141. The number of carboxylic acids is 1. The summed E-state index contributed by atoms with van der Waals surface area (Å²) in [5.74, 6) is -0.138. The number of carboxylic acid groups (broad SMARTS) is 1. The maximum atomic E-state index is 12.5. The average molecular weight is 320 g/mol. The van der Waals surface area contributed by atoms with Crippen LogP contribution in [0.3, 0.4) is 0 Å². The summed E-state index contributed by atoms with van der Waals surface area (Å²) in [4.78, 5) is 35.8. The van der Waals surface area contributed by atoms with Gasteiger partial charge in [0, 0.05) is 45.0 Å². The fourth-order valence-electron chi connectivity index (χ4n) is 2.76. The summed E-state index contributed by atoms with van der Waals surface area (Å²) in [6, 6.07) is 1.78. The molecule has 7 nitrogen and oxygen atoms in total. The molecule has 0 aliphatic carbocycles. The minimum atomic E-state index is -0.854. The number of rotatable bonds is 6. The van der Waals surface area contributed by atoms with Crippen LogP contribution in [0.1, 0.15) is 33.1 Å². The number of hydrogen-bond acceptors (Lipinski definition) is 5. The van der Waals surface area contributed by atoms with Gasteiger partial charge in [-0.05, 0) is 17.9 Å². The molecule has 1 unspecified atom stereocenters. The molecule has 1 aromatic heterocycles. The topological polar surface area (TPSA) is 86.6 Å². The van der Waals surface area contributed by atoms with E-state index in [4.69, 9.17) is 5.11 Å². The van der Waals surface area contributed by atoms with Gasteiger partial charge in [-0.1, -0.05) is 13.8 Å². The number of anilines is 1. The fourth-order valence-corrected chi connectivity index (χ4v) is 2.76. The molecule has 0 saturated carbocycles. The first-order valence-corrected chi connectivity index (χ1v) is 7.95. The van der Waals surface area contributed by atoms with Crippen molar-refractivity contribution < 1.29 is 14.7 Å². The minimum absolute atomic E-state index is 0.0209. The van der Waals surface area contributed by atoms with Crippen LogP contribution in [0.15, 0.2) is 18.5 Å². The first-order chi connectivity index (χ1) is 10.9. The van der Waals surface area contributed by atoms with E-state index in [1.807, 2.05) is 18.7 Å². The van der Waals surface area contributed by atoms with Gasteiger partial charge in [-0.15, -0.1) is 0 Å². The summed E-state index contributed by atoms with van der Waals surface area (Å²) in [5.41, 5.74) is -0.484. The standard InChI is InChI=1S/C16H24N4O3/c1-3-16(2,12-14(22)23)11-13(21)19-7-9-20(10-8-19)15-17-5-4-6-18-15/h4-6H,3,7-12H2,1-2H3,(H,22,23). The highest BCUT2D eigenvalue weighted by atomic mass is 16.4. The van der Waals surface area contributed by atoms with Gasteiger partial charge in [0.1, 0.15) is 0 Å². The molecule has 1 atom stereocenters. The molecule has 1 aromatic rings. The maximum absolute atomic E-state index is 12.5. The zero-order valence-electron chi connectivity index (χ0n) is 13.7. The summed E-state index contributed by atoms with van der Waals surface area (Å²) in [5, 5.41) is 9.02. The largest absolute Gasteiger partial charge is 0.481 e. The van der Waals surface area contributed by atoms with Crippen molar-refractivity contribution in [3.8, 4) is 0 Å². The van der Waals surface area contributed by atoms with Crippen molar-refractivity contribution in [3.05, 3.63) is 18.5 Å². The third-order valence-electron chi connectivity index (χ3n) is 4.48. The molecule has 7 heteroatoms. The zero-order chi connectivity index (χ0) is 16.9. The number of piperazine rings is 1. The molecular weight excluding hydrogens is 296 g/mol. The molecule has 1 N–H and O–H groups in total.